The fraction of sp³-hybridized carbons (Fsp3) is 0.684. The summed E-state index contributed by atoms with van der Waals surface area (Å²) in [4.78, 5) is 25.2. The largest absolute Gasteiger partial charge is 0.478 e. The Kier molecular flexibility index (Phi) is 16.2. The Balaban J connectivity index is 0. The molecule has 0 rings (SSSR count). The van der Waals surface area contributed by atoms with E-state index in [-0.39, 0.29) is 0 Å². The van der Waals surface area contributed by atoms with Crippen LogP contribution in [0, 0.1) is 0 Å². The molecule has 0 heterocycles. The molecule has 0 aromatic heterocycles. The molecule has 25 heavy (non-hydrogen) atoms. The summed E-state index contributed by atoms with van der Waals surface area (Å²) in [6, 6.07) is 0. The van der Waals surface area contributed by atoms with E-state index in [0.29, 0.717) is 24.0 Å². The van der Waals surface area contributed by atoms with Crippen molar-refractivity contribution in [3.05, 3.63) is 24.3 Å². The average Bonchev–Trinajstić information content (AvgIpc) is 2.59. The molecule has 0 amide bonds. The second kappa shape index (κ2) is 15.8. The minimum atomic E-state index is -0.887. The monoisotopic (exact) mass is 356 g/mol. The second-order valence-corrected chi connectivity index (χ2v) is 5.72. The van der Waals surface area contributed by atoms with Crippen LogP contribution < -0.4 is 0 Å². The van der Waals surface area contributed by atoms with Crippen LogP contribution in [-0.2, 0) is 9.59 Å². The van der Waals surface area contributed by atoms with Gasteiger partial charge in [0.2, 0.25) is 0 Å². The molecular formula is C19H36N2O4. The lowest BCUT2D eigenvalue weighted by Gasteiger charge is -2.17. The zero-order chi connectivity index (χ0) is 19.8. The lowest BCUT2D eigenvalue weighted by Crippen LogP contribution is -2.24. The lowest BCUT2D eigenvalue weighted by atomic mass is 10.1. The Bertz CT molecular complexity index is 414. The van der Waals surface area contributed by atoms with Crippen LogP contribution in [0.1, 0.15) is 47.0 Å². The molecule has 0 fully saturated rings. The molecule has 0 aliphatic heterocycles. The predicted octanol–water partition coefficient (Wildman–Crippen LogP) is 3.11. The first-order chi connectivity index (χ1) is 11.7. The van der Waals surface area contributed by atoms with E-state index in [1.165, 1.54) is 0 Å². The average molecular weight is 357 g/mol. The van der Waals surface area contributed by atoms with Crippen LogP contribution in [0.25, 0.3) is 0 Å². The molecule has 0 aromatic rings. The third kappa shape index (κ3) is 14.4. The highest BCUT2D eigenvalue weighted by Crippen LogP contribution is 2.03. The van der Waals surface area contributed by atoms with Gasteiger partial charge in [-0.25, -0.2) is 9.59 Å². The molecule has 0 saturated carbocycles. The molecule has 0 spiro atoms. The molecule has 6 nitrogen and oxygen atoms in total. The van der Waals surface area contributed by atoms with Gasteiger partial charge in [-0.15, -0.1) is 0 Å². The first-order valence-corrected chi connectivity index (χ1v) is 9.00. The van der Waals surface area contributed by atoms with Gasteiger partial charge >= 0.3 is 11.9 Å². The standard InChI is InChI=1S/C10H19NO2.C9H17NO2/c1-4-11(5-2)8-6-7-9(3)10(12)13;1-4-10(5-2)7-6-8(3)9(11)12/h3-8H2,1-2H3,(H,12,13);3-7H2,1-2H3,(H,11,12). The van der Waals surface area contributed by atoms with E-state index in [0.717, 1.165) is 45.7 Å². The van der Waals surface area contributed by atoms with Crippen LogP contribution in [0.2, 0.25) is 0 Å². The fourth-order valence-electron chi connectivity index (χ4n) is 2.10. The Labute approximate surface area is 152 Å². The van der Waals surface area contributed by atoms with E-state index >= 15 is 0 Å². The minimum Gasteiger partial charge on any atom is -0.478 e. The molecule has 0 atom stereocenters. The van der Waals surface area contributed by atoms with Gasteiger partial charge in [0.25, 0.3) is 0 Å². The summed E-state index contributed by atoms with van der Waals surface area (Å²) in [5.74, 6) is -1.76. The van der Waals surface area contributed by atoms with E-state index < -0.39 is 11.9 Å². The molecule has 0 saturated heterocycles. The molecule has 0 bridgehead atoms. The van der Waals surface area contributed by atoms with E-state index in [2.05, 4.69) is 50.7 Å². The van der Waals surface area contributed by atoms with Crippen LogP contribution in [0.15, 0.2) is 24.3 Å². The first kappa shape index (κ1) is 25.6. The summed E-state index contributed by atoms with van der Waals surface area (Å²) in [6.07, 6.45) is 2.02. The second-order valence-electron chi connectivity index (χ2n) is 5.72. The number of carbonyl (C=O) groups is 2. The van der Waals surface area contributed by atoms with Crippen LogP contribution >= 0.6 is 0 Å². The van der Waals surface area contributed by atoms with Crippen molar-refractivity contribution in [1.29, 1.82) is 0 Å². The molecule has 0 aliphatic rings. The SMILES string of the molecule is C=C(CCCN(CC)CC)C(=O)O.C=C(CCN(CC)CC)C(=O)O. The lowest BCUT2D eigenvalue weighted by molar-refractivity contribution is -0.133. The van der Waals surface area contributed by atoms with E-state index in [9.17, 15) is 9.59 Å². The summed E-state index contributed by atoms with van der Waals surface area (Å²) >= 11 is 0. The maximum absolute atomic E-state index is 10.4. The van der Waals surface area contributed by atoms with Gasteiger partial charge in [0.15, 0.2) is 0 Å². The summed E-state index contributed by atoms with van der Waals surface area (Å²) in [6.45, 7) is 21.0. The Morgan fingerprint density at radius 3 is 1.44 bits per heavy atom. The molecule has 146 valence electrons. The number of hydrogen-bond acceptors (Lipinski definition) is 4. The van der Waals surface area contributed by atoms with Gasteiger partial charge in [0.1, 0.15) is 0 Å². The van der Waals surface area contributed by atoms with Crippen LogP contribution in [-0.4, -0.2) is 71.2 Å². The normalized spacial score (nSPS) is 10.3. The highest BCUT2D eigenvalue weighted by Gasteiger charge is 2.06. The maximum atomic E-state index is 10.4. The number of rotatable bonds is 13. The molecule has 0 aromatic carbocycles. The third-order valence-corrected chi connectivity index (χ3v) is 4.08. The molecule has 0 radical (unpaired) electrons. The van der Waals surface area contributed by atoms with Crippen molar-refractivity contribution in [2.45, 2.75) is 47.0 Å². The smallest absolute Gasteiger partial charge is 0.331 e. The quantitative estimate of drug-likeness (QED) is 0.494. The summed E-state index contributed by atoms with van der Waals surface area (Å²) in [5, 5.41) is 17.1. The van der Waals surface area contributed by atoms with Crippen LogP contribution in [0.4, 0.5) is 0 Å². The molecule has 2 N–H and O–H groups in total. The van der Waals surface area contributed by atoms with Crippen molar-refractivity contribution < 1.29 is 19.8 Å². The predicted molar refractivity (Wildman–Crippen MR) is 103 cm³/mol. The highest BCUT2D eigenvalue weighted by molar-refractivity contribution is 5.86. The molecule has 0 unspecified atom stereocenters. The number of aliphatic carboxylic acids is 2. The molecule has 0 aliphatic carbocycles. The van der Waals surface area contributed by atoms with Gasteiger partial charge < -0.3 is 20.0 Å². The van der Waals surface area contributed by atoms with Crippen molar-refractivity contribution in [3.63, 3.8) is 0 Å². The summed E-state index contributed by atoms with van der Waals surface area (Å²) < 4.78 is 0. The van der Waals surface area contributed by atoms with Crippen molar-refractivity contribution in [1.82, 2.24) is 9.80 Å². The van der Waals surface area contributed by atoms with E-state index in [1.807, 2.05) is 0 Å². The highest BCUT2D eigenvalue weighted by atomic mass is 16.4. The topological polar surface area (TPSA) is 81.1 Å². The molecular weight excluding hydrogens is 320 g/mol. The number of hydrogen-bond donors (Lipinski definition) is 2. The number of carboxylic acids is 2. The summed E-state index contributed by atoms with van der Waals surface area (Å²) in [7, 11) is 0. The third-order valence-electron chi connectivity index (χ3n) is 4.08. The van der Waals surface area contributed by atoms with Gasteiger partial charge in [-0.1, -0.05) is 40.9 Å². The van der Waals surface area contributed by atoms with Crippen LogP contribution in [0.3, 0.4) is 0 Å². The minimum absolute atomic E-state index is 0.293. The fourth-order valence-corrected chi connectivity index (χ4v) is 2.10. The zero-order valence-electron chi connectivity index (χ0n) is 16.4. The van der Waals surface area contributed by atoms with Gasteiger partial charge in [0.05, 0.1) is 0 Å². The number of carboxylic acid groups (broad SMARTS) is 2. The molecule has 6 heteroatoms. The van der Waals surface area contributed by atoms with Crippen LogP contribution in [0.5, 0.6) is 0 Å². The van der Waals surface area contributed by atoms with Crippen molar-refractivity contribution in [2.24, 2.45) is 0 Å². The van der Waals surface area contributed by atoms with Crippen molar-refractivity contribution in [3.8, 4) is 0 Å². The summed E-state index contributed by atoms with van der Waals surface area (Å²) in [5.41, 5.74) is 0.606. The van der Waals surface area contributed by atoms with E-state index in [4.69, 9.17) is 10.2 Å². The Morgan fingerprint density at radius 2 is 1.08 bits per heavy atom. The van der Waals surface area contributed by atoms with Gasteiger partial charge in [-0.05, 0) is 52.0 Å². The zero-order valence-corrected chi connectivity index (χ0v) is 16.4. The van der Waals surface area contributed by atoms with Gasteiger partial charge in [-0.2, -0.15) is 0 Å². The number of nitrogens with zero attached hydrogens (tertiary/aromatic N) is 2. The Morgan fingerprint density at radius 1 is 0.720 bits per heavy atom. The maximum Gasteiger partial charge on any atom is 0.331 e. The van der Waals surface area contributed by atoms with E-state index in [1.54, 1.807) is 0 Å². The Hall–Kier alpha value is -1.66. The van der Waals surface area contributed by atoms with Crippen molar-refractivity contribution >= 4 is 11.9 Å². The van der Waals surface area contributed by atoms with Gasteiger partial charge in [0, 0.05) is 17.7 Å². The van der Waals surface area contributed by atoms with Gasteiger partial charge in [-0.3, -0.25) is 0 Å². The van der Waals surface area contributed by atoms with Crippen molar-refractivity contribution in [2.75, 3.05) is 39.3 Å². The first-order valence-electron chi connectivity index (χ1n) is 9.00.